The van der Waals surface area contributed by atoms with E-state index in [-0.39, 0.29) is 0 Å². The van der Waals surface area contributed by atoms with Gasteiger partial charge < -0.3 is 8.98 Å². The average Bonchev–Trinajstić information content (AvgIpc) is 3.52. The second-order valence-electron chi connectivity index (χ2n) is 6.84. The zero-order chi connectivity index (χ0) is 20.5. The summed E-state index contributed by atoms with van der Waals surface area (Å²) in [4.78, 5) is 4.66. The van der Waals surface area contributed by atoms with Crippen molar-refractivity contribution in [2.75, 3.05) is 0 Å². The Labute approximate surface area is 172 Å². The summed E-state index contributed by atoms with van der Waals surface area (Å²) < 4.78 is 9.31. The van der Waals surface area contributed by atoms with Gasteiger partial charge in [-0.3, -0.25) is 0 Å². The van der Waals surface area contributed by atoms with Crippen molar-refractivity contribution in [3.63, 3.8) is 0 Å². The first-order valence-corrected chi connectivity index (χ1v) is 9.47. The largest absolute Gasteiger partial charge is 0.463 e. The SMILES string of the molecule is Cn1c(C(C#N)=Cc2cn(-c3ccccc3)nc2-c2ccco2)nc2ccccc21. The molecule has 0 saturated heterocycles. The molecular weight excluding hydrogens is 374 g/mol. The number of imidazole rings is 1. The number of fused-ring (bicyclic) bond motifs is 1. The van der Waals surface area contributed by atoms with Crippen LogP contribution in [0.25, 0.3) is 39.8 Å². The fraction of sp³-hybridized carbons (Fsp3) is 0.0417. The Balaban J connectivity index is 1.68. The van der Waals surface area contributed by atoms with Crippen LogP contribution in [0.1, 0.15) is 11.4 Å². The summed E-state index contributed by atoms with van der Waals surface area (Å²) in [5.74, 6) is 1.25. The predicted octanol–water partition coefficient (Wildman–Crippen LogP) is 5.08. The monoisotopic (exact) mass is 391 g/mol. The molecule has 0 aliphatic carbocycles. The third-order valence-corrected chi connectivity index (χ3v) is 4.97. The highest BCUT2D eigenvalue weighted by molar-refractivity contribution is 5.92. The first-order valence-electron chi connectivity index (χ1n) is 9.47. The van der Waals surface area contributed by atoms with E-state index in [1.54, 1.807) is 10.9 Å². The van der Waals surface area contributed by atoms with Crippen molar-refractivity contribution in [1.82, 2.24) is 19.3 Å². The lowest BCUT2D eigenvalue weighted by molar-refractivity contribution is 0.579. The molecule has 2 aromatic carbocycles. The van der Waals surface area contributed by atoms with Crippen molar-refractivity contribution in [2.45, 2.75) is 0 Å². The van der Waals surface area contributed by atoms with Crippen molar-refractivity contribution in [1.29, 1.82) is 5.26 Å². The van der Waals surface area contributed by atoms with Gasteiger partial charge in [-0.05, 0) is 42.5 Å². The second-order valence-corrected chi connectivity index (χ2v) is 6.84. The molecule has 0 spiro atoms. The van der Waals surface area contributed by atoms with Crippen LogP contribution in [0.3, 0.4) is 0 Å². The van der Waals surface area contributed by atoms with E-state index in [9.17, 15) is 5.26 Å². The van der Waals surface area contributed by atoms with E-state index in [4.69, 9.17) is 9.52 Å². The molecule has 0 bridgehead atoms. The van der Waals surface area contributed by atoms with Crippen molar-refractivity contribution in [3.05, 3.63) is 90.6 Å². The number of nitriles is 1. The highest BCUT2D eigenvalue weighted by atomic mass is 16.3. The van der Waals surface area contributed by atoms with Crippen LogP contribution in [-0.2, 0) is 7.05 Å². The minimum atomic E-state index is 0.453. The number of benzene rings is 2. The van der Waals surface area contributed by atoms with Gasteiger partial charge in [0.15, 0.2) is 11.6 Å². The Morgan fingerprint density at radius 1 is 1.03 bits per heavy atom. The molecule has 0 atom stereocenters. The van der Waals surface area contributed by atoms with Crippen molar-refractivity contribution in [2.24, 2.45) is 7.05 Å². The van der Waals surface area contributed by atoms with Crippen LogP contribution in [-0.4, -0.2) is 19.3 Å². The molecular formula is C24H17N5O. The Hall–Kier alpha value is -4.37. The number of allylic oxidation sites excluding steroid dienone is 1. The highest BCUT2D eigenvalue weighted by Crippen LogP contribution is 2.28. The van der Waals surface area contributed by atoms with E-state index in [0.717, 1.165) is 22.3 Å². The average molecular weight is 391 g/mol. The molecule has 5 aromatic rings. The van der Waals surface area contributed by atoms with Gasteiger partial charge in [0.2, 0.25) is 0 Å². The molecule has 144 valence electrons. The van der Waals surface area contributed by atoms with Crippen LogP contribution in [0.5, 0.6) is 0 Å². The Bertz CT molecular complexity index is 1400. The third-order valence-electron chi connectivity index (χ3n) is 4.97. The van der Waals surface area contributed by atoms with Gasteiger partial charge in [0.05, 0.1) is 28.6 Å². The van der Waals surface area contributed by atoms with E-state index in [1.165, 1.54) is 0 Å². The maximum absolute atomic E-state index is 9.91. The molecule has 0 aliphatic heterocycles. The molecule has 0 saturated carbocycles. The van der Waals surface area contributed by atoms with Gasteiger partial charge >= 0.3 is 0 Å². The summed E-state index contributed by atoms with van der Waals surface area (Å²) in [6.45, 7) is 0. The molecule has 0 fully saturated rings. The molecule has 30 heavy (non-hydrogen) atoms. The zero-order valence-corrected chi connectivity index (χ0v) is 16.2. The number of para-hydroxylation sites is 3. The van der Waals surface area contributed by atoms with Crippen LogP contribution < -0.4 is 0 Å². The fourth-order valence-electron chi connectivity index (χ4n) is 3.50. The number of hydrogen-bond donors (Lipinski definition) is 0. The van der Waals surface area contributed by atoms with Gasteiger partial charge in [0, 0.05) is 18.8 Å². The number of aryl methyl sites for hydroxylation is 1. The highest BCUT2D eigenvalue weighted by Gasteiger charge is 2.17. The smallest absolute Gasteiger partial charge is 0.154 e. The van der Waals surface area contributed by atoms with Crippen LogP contribution in [0.2, 0.25) is 0 Å². The molecule has 0 unspecified atom stereocenters. The number of aromatic nitrogens is 4. The van der Waals surface area contributed by atoms with Crippen LogP contribution in [0, 0.1) is 11.3 Å². The Morgan fingerprint density at radius 2 is 1.83 bits per heavy atom. The zero-order valence-electron chi connectivity index (χ0n) is 16.2. The van der Waals surface area contributed by atoms with E-state index < -0.39 is 0 Å². The summed E-state index contributed by atoms with van der Waals surface area (Å²) in [5, 5.41) is 14.6. The first-order chi connectivity index (χ1) is 14.7. The predicted molar refractivity (Wildman–Crippen MR) is 115 cm³/mol. The van der Waals surface area contributed by atoms with Crippen LogP contribution in [0.4, 0.5) is 0 Å². The van der Waals surface area contributed by atoms with Gasteiger partial charge in [-0.15, -0.1) is 0 Å². The molecule has 5 rings (SSSR count). The number of furan rings is 1. The second kappa shape index (κ2) is 7.22. The first kappa shape index (κ1) is 17.7. The maximum atomic E-state index is 9.91. The van der Waals surface area contributed by atoms with Gasteiger partial charge in [0.1, 0.15) is 11.8 Å². The summed E-state index contributed by atoms with van der Waals surface area (Å²) >= 11 is 0. The minimum absolute atomic E-state index is 0.453. The quantitative estimate of drug-likeness (QED) is 0.400. The third kappa shape index (κ3) is 2.99. The number of nitrogens with zero attached hydrogens (tertiary/aromatic N) is 5. The van der Waals surface area contributed by atoms with E-state index in [1.807, 2.05) is 90.6 Å². The molecule has 0 aliphatic rings. The lowest BCUT2D eigenvalue weighted by Gasteiger charge is -2.01. The van der Waals surface area contributed by atoms with Gasteiger partial charge in [-0.2, -0.15) is 10.4 Å². The lowest BCUT2D eigenvalue weighted by atomic mass is 10.1. The normalized spacial score (nSPS) is 11.7. The summed E-state index contributed by atoms with van der Waals surface area (Å²) in [6, 6.07) is 23.6. The minimum Gasteiger partial charge on any atom is -0.463 e. The summed E-state index contributed by atoms with van der Waals surface area (Å²) in [6.07, 6.45) is 5.32. The Morgan fingerprint density at radius 3 is 2.57 bits per heavy atom. The van der Waals surface area contributed by atoms with E-state index in [2.05, 4.69) is 11.1 Å². The lowest BCUT2D eigenvalue weighted by Crippen LogP contribution is -1.96. The molecule has 3 aromatic heterocycles. The summed E-state index contributed by atoms with van der Waals surface area (Å²) in [7, 11) is 1.91. The van der Waals surface area contributed by atoms with Crippen molar-refractivity contribution >= 4 is 22.7 Å². The molecule has 0 radical (unpaired) electrons. The number of hydrogen-bond acceptors (Lipinski definition) is 4. The van der Waals surface area contributed by atoms with Crippen LogP contribution in [0.15, 0.2) is 83.6 Å². The van der Waals surface area contributed by atoms with Gasteiger partial charge in [-0.1, -0.05) is 30.3 Å². The molecule has 6 heteroatoms. The molecule has 0 amide bonds. The molecule has 6 nitrogen and oxygen atoms in total. The standard InChI is InChI=1S/C24H17N5O/c1-28-21-11-6-5-10-20(21)26-24(28)17(15-25)14-18-16-29(19-8-3-2-4-9-19)27-23(18)22-12-7-13-30-22/h2-14,16H,1H3. The fourth-order valence-corrected chi connectivity index (χ4v) is 3.50. The maximum Gasteiger partial charge on any atom is 0.154 e. The van der Waals surface area contributed by atoms with Crippen molar-refractivity contribution in [3.8, 4) is 23.2 Å². The van der Waals surface area contributed by atoms with Gasteiger partial charge in [-0.25, -0.2) is 9.67 Å². The summed E-state index contributed by atoms with van der Waals surface area (Å²) in [5.41, 5.74) is 4.63. The van der Waals surface area contributed by atoms with Crippen LogP contribution >= 0.6 is 0 Å². The topological polar surface area (TPSA) is 72.6 Å². The van der Waals surface area contributed by atoms with Gasteiger partial charge in [0.25, 0.3) is 0 Å². The molecule has 0 N–H and O–H groups in total. The van der Waals surface area contributed by atoms with E-state index in [0.29, 0.717) is 22.9 Å². The van der Waals surface area contributed by atoms with E-state index >= 15 is 0 Å². The van der Waals surface area contributed by atoms with Crippen molar-refractivity contribution < 1.29 is 4.42 Å². The Kier molecular flexibility index (Phi) is 4.26. The molecule has 3 heterocycles. The number of rotatable bonds is 4.